The SMILES string of the molecule is CCCCC(CC)C(=O)O.CCCCC(CC)CC(OC(CC(CC)CCCC)C(O)CO)C(O)CO. The summed E-state index contributed by atoms with van der Waals surface area (Å²) in [6.07, 6.45) is 10.8. The molecule has 0 rings (SSSR count). The number of hydrogen-bond donors (Lipinski definition) is 5. The lowest BCUT2D eigenvalue weighted by Gasteiger charge is -2.33. The van der Waals surface area contributed by atoms with Gasteiger partial charge < -0.3 is 30.3 Å². The normalized spacial score (nSPS) is 17.1. The summed E-state index contributed by atoms with van der Waals surface area (Å²) in [6, 6.07) is 0. The second-order valence-electron chi connectivity index (χ2n) is 10.6. The van der Waals surface area contributed by atoms with Crippen molar-refractivity contribution >= 4 is 5.97 Å². The third-order valence-corrected chi connectivity index (χ3v) is 7.55. The summed E-state index contributed by atoms with van der Waals surface area (Å²) >= 11 is 0. The monoisotopic (exact) mass is 534 g/mol. The molecule has 0 aliphatic carbocycles. The van der Waals surface area contributed by atoms with Crippen LogP contribution < -0.4 is 0 Å². The van der Waals surface area contributed by atoms with Gasteiger partial charge in [0.15, 0.2) is 0 Å². The zero-order valence-corrected chi connectivity index (χ0v) is 24.9. The van der Waals surface area contributed by atoms with Gasteiger partial charge in [-0.1, -0.05) is 106 Å². The molecule has 0 aromatic carbocycles. The predicted molar refractivity (Wildman–Crippen MR) is 152 cm³/mol. The van der Waals surface area contributed by atoms with Gasteiger partial charge in [0.2, 0.25) is 0 Å². The lowest BCUT2D eigenvalue weighted by molar-refractivity contribution is -0.144. The van der Waals surface area contributed by atoms with Gasteiger partial charge in [-0.2, -0.15) is 0 Å². The summed E-state index contributed by atoms with van der Waals surface area (Å²) in [5, 5.41) is 48.2. The van der Waals surface area contributed by atoms with Gasteiger partial charge in [0.1, 0.15) is 12.2 Å². The van der Waals surface area contributed by atoms with Crippen LogP contribution in [0.15, 0.2) is 0 Å². The molecule has 224 valence electrons. The molecule has 7 unspecified atom stereocenters. The number of carboxylic acids is 1. The highest BCUT2D eigenvalue weighted by Crippen LogP contribution is 2.27. The molecule has 0 aliphatic heterocycles. The molecule has 0 saturated heterocycles. The van der Waals surface area contributed by atoms with Gasteiger partial charge in [0, 0.05) is 0 Å². The maximum Gasteiger partial charge on any atom is 0.306 e. The van der Waals surface area contributed by atoms with Crippen LogP contribution in [-0.4, -0.2) is 69.1 Å². The molecule has 37 heavy (non-hydrogen) atoms. The standard InChI is InChI=1S/C22H46O5.C8H16O2/c1-5-9-11-17(7-3)13-21(19(25)15-23)27-22(20(26)16-24)14-18(8-4)12-10-6-2;1-3-5-6-7(4-2)8(9)10/h17-26H,5-16H2,1-4H3;7H,3-6H2,1-2H3,(H,9,10). The molecule has 0 aromatic rings. The van der Waals surface area contributed by atoms with Crippen molar-refractivity contribution in [2.45, 2.75) is 156 Å². The van der Waals surface area contributed by atoms with Gasteiger partial charge in [-0.3, -0.25) is 4.79 Å². The predicted octanol–water partition coefficient (Wildman–Crippen LogP) is 5.95. The van der Waals surface area contributed by atoms with Crippen LogP contribution >= 0.6 is 0 Å². The maximum absolute atomic E-state index is 10.4. The summed E-state index contributed by atoms with van der Waals surface area (Å²) in [6.45, 7) is 11.9. The van der Waals surface area contributed by atoms with Crippen LogP contribution in [0.1, 0.15) is 131 Å². The number of ether oxygens (including phenoxy) is 1. The van der Waals surface area contributed by atoms with E-state index in [0.717, 1.165) is 77.0 Å². The first-order valence-corrected chi connectivity index (χ1v) is 15.1. The largest absolute Gasteiger partial charge is 0.481 e. The summed E-state index contributed by atoms with van der Waals surface area (Å²) in [4.78, 5) is 10.4. The molecule has 5 N–H and O–H groups in total. The first kappa shape index (κ1) is 38.4. The number of aliphatic hydroxyl groups is 4. The van der Waals surface area contributed by atoms with Gasteiger partial charge in [0.25, 0.3) is 0 Å². The number of rotatable bonds is 23. The third kappa shape index (κ3) is 19.0. The average molecular weight is 535 g/mol. The highest BCUT2D eigenvalue weighted by atomic mass is 16.5. The lowest BCUT2D eigenvalue weighted by Crippen LogP contribution is -2.42. The zero-order valence-electron chi connectivity index (χ0n) is 24.9. The Morgan fingerprint density at radius 1 is 0.649 bits per heavy atom. The van der Waals surface area contributed by atoms with E-state index in [1.807, 2.05) is 6.92 Å². The molecule has 0 aliphatic rings. The first-order chi connectivity index (χ1) is 17.7. The van der Waals surface area contributed by atoms with Crippen LogP contribution in [0.25, 0.3) is 0 Å². The van der Waals surface area contributed by atoms with Gasteiger partial charge >= 0.3 is 5.97 Å². The van der Waals surface area contributed by atoms with Crippen LogP contribution in [0.2, 0.25) is 0 Å². The highest BCUT2D eigenvalue weighted by Gasteiger charge is 2.30. The van der Waals surface area contributed by atoms with Crippen molar-refractivity contribution in [2.24, 2.45) is 17.8 Å². The topological polar surface area (TPSA) is 127 Å². The molecule has 0 fully saturated rings. The number of carbonyl (C=O) groups is 1. The van der Waals surface area contributed by atoms with Crippen molar-refractivity contribution in [1.29, 1.82) is 0 Å². The molecule has 0 amide bonds. The maximum atomic E-state index is 10.4. The lowest BCUT2D eigenvalue weighted by atomic mass is 9.89. The van der Waals surface area contributed by atoms with Crippen LogP contribution in [-0.2, 0) is 9.53 Å². The van der Waals surface area contributed by atoms with Gasteiger partial charge in [-0.15, -0.1) is 0 Å². The molecule has 7 atom stereocenters. The quantitative estimate of drug-likeness (QED) is 0.110. The molecule has 0 aromatic heterocycles. The van der Waals surface area contributed by atoms with E-state index >= 15 is 0 Å². The van der Waals surface area contributed by atoms with E-state index in [0.29, 0.717) is 24.7 Å². The van der Waals surface area contributed by atoms with E-state index in [1.165, 1.54) is 0 Å². The Labute approximate surface area is 228 Å². The fourth-order valence-corrected chi connectivity index (χ4v) is 4.64. The molecule has 0 radical (unpaired) electrons. The van der Waals surface area contributed by atoms with E-state index in [-0.39, 0.29) is 19.1 Å². The molecule has 0 heterocycles. The van der Waals surface area contributed by atoms with Crippen LogP contribution in [0, 0.1) is 17.8 Å². The smallest absolute Gasteiger partial charge is 0.306 e. The first-order valence-electron chi connectivity index (χ1n) is 15.1. The second-order valence-corrected chi connectivity index (χ2v) is 10.6. The minimum absolute atomic E-state index is 0.111. The Kier molecular flexibility index (Phi) is 26.5. The van der Waals surface area contributed by atoms with E-state index < -0.39 is 30.4 Å². The second kappa shape index (κ2) is 25.5. The van der Waals surface area contributed by atoms with Crippen molar-refractivity contribution in [3.05, 3.63) is 0 Å². The highest BCUT2D eigenvalue weighted by molar-refractivity contribution is 5.69. The Hall–Kier alpha value is -0.730. The van der Waals surface area contributed by atoms with Crippen LogP contribution in [0.4, 0.5) is 0 Å². The molecular weight excluding hydrogens is 472 g/mol. The summed E-state index contributed by atoms with van der Waals surface area (Å²) in [5.74, 6) is 0.0890. The van der Waals surface area contributed by atoms with Crippen molar-refractivity contribution in [3.63, 3.8) is 0 Å². The number of unbranched alkanes of at least 4 members (excludes halogenated alkanes) is 3. The molecule has 0 bridgehead atoms. The van der Waals surface area contributed by atoms with E-state index in [1.54, 1.807) is 0 Å². The van der Waals surface area contributed by atoms with E-state index in [2.05, 4.69) is 34.6 Å². The minimum Gasteiger partial charge on any atom is -0.481 e. The Morgan fingerprint density at radius 3 is 1.30 bits per heavy atom. The van der Waals surface area contributed by atoms with Crippen molar-refractivity contribution < 1.29 is 35.1 Å². The van der Waals surface area contributed by atoms with Crippen LogP contribution in [0.5, 0.6) is 0 Å². The van der Waals surface area contributed by atoms with Gasteiger partial charge in [-0.25, -0.2) is 0 Å². The van der Waals surface area contributed by atoms with Crippen LogP contribution in [0.3, 0.4) is 0 Å². The molecule has 7 heteroatoms. The van der Waals surface area contributed by atoms with Crippen molar-refractivity contribution in [3.8, 4) is 0 Å². The van der Waals surface area contributed by atoms with Crippen molar-refractivity contribution in [2.75, 3.05) is 13.2 Å². The van der Waals surface area contributed by atoms with Crippen molar-refractivity contribution in [1.82, 2.24) is 0 Å². The minimum atomic E-state index is -0.968. The molecule has 7 nitrogen and oxygen atoms in total. The fourth-order valence-electron chi connectivity index (χ4n) is 4.64. The third-order valence-electron chi connectivity index (χ3n) is 7.55. The Morgan fingerprint density at radius 2 is 1.03 bits per heavy atom. The zero-order chi connectivity index (χ0) is 28.6. The van der Waals surface area contributed by atoms with E-state index in [4.69, 9.17) is 9.84 Å². The number of carboxylic acid groups (broad SMARTS) is 1. The van der Waals surface area contributed by atoms with E-state index in [9.17, 15) is 25.2 Å². The Bertz CT molecular complexity index is 472. The van der Waals surface area contributed by atoms with Gasteiger partial charge in [0.05, 0.1) is 31.3 Å². The number of hydrogen-bond acceptors (Lipinski definition) is 6. The number of aliphatic carboxylic acids is 1. The summed E-state index contributed by atoms with van der Waals surface area (Å²) in [5.41, 5.74) is 0. The molecule has 0 saturated carbocycles. The summed E-state index contributed by atoms with van der Waals surface area (Å²) < 4.78 is 6.16. The molecular formula is C30H62O7. The average Bonchev–Trinajstić information content (AvgIpc) is 2.91. The fraction of sp³-hybridized carbons (Fsp3) is 0.967. The van der Waals surface area contributed by atoms with Gasteiger partial charge in [-0.05, 0) is 37.5 Å². The Balaban J connectivity index is 0. The molecule has 0 spiro atoms. The summed E-state index contributed by atoms with van der Waals surface area (Å²) in [7, 11) is 0. The number of aliphatic hydroxyl groups excluding tert-OH is 4.